The highest BCUT2D eigenvalue weighted by molar-refractivity contribution is 5.83. The van der Waals surface area contributed by atoms with E-state index in [1.165, 1.54) is 14.0 Å². The molecule has 0 unspecified atom stereocenters. The van der Waals surface area contributed by atoms with Gasteiger partial charge >= 0.3 is 5.97 Å². The van der Waals surface area contributed by atoms with E-state index in [1.807, 2.05) is 0 Å². The smallest absolute Gasteiger partial charge is 0.328 e. The van der Waals surface area contributed by atoms with Crippen molar-refractivity contribution in [3.8, 4) is 0 Å². The molecule has 1 aliphatic carbocycles. The molecule has 4 heteroatoms. The summed E-state index contributed by atoms with van der Waals surface area (Å²) < 4.78 is 4.67. The number of hydrogen-bond donors (Lipinski definition) is 1. The molecule has 1 amide bonds. The SMILES string of the molecule is COC(=O)[C@H](NC(C)=O)C1CCCC1. The highest BCUT2D eigenvalue weighted by Crippen LogP contribution is 2.28. The fraction of sp³-hybridized carbons (Fsp3) is 0.800. The van der Waals surface area contributed by atoms with Crippen LogP contribution in [-0.2, 0) is 14.3 Å². The molecule has 1 saturated carbocycles. The van der Waals surface area contributed by atoms with Crippen LogP contribution in [0.25, 0.3) is 0 Å². The number of carbonyl (C=O) groups is 2. The van der Waals surface area contributed by atoms with Crippen molar-refractivity contribution in [3.05, 3.63) is 0 Å². The molecule has 0 aromatic heterocycles. The summed E-state index contributed by atoms with van der Waals surface area (Å²) in [5, 5.41) is 2.66. The molecule has 80 valence electrons. The Bertz CT molecular complexity index is 221. The molecule has 0 aliphatic heterocycles. The van der Waals surface area contributed by atoms with Gasteiger partial charge in [-0.1, -0.05) is 12.8 Å². The van der Waals surface area contributed by atoms with Crippen LogP contribution < -0.4 is 5.32 Å². The van der Waals surface area contributed by atoms with Gasteiger partial charge in [-0.05, 0) is 18.8 Å². The summed E-state index contributed by atoms with van der Waals surface area (Å²) in [6.07, 6.45) is 4.27. The maximum atomic E-state index is 11.4. The number of nitrogens with one attached hydrogen (secondary N) is 1. The van der Waals surface area contributed by atoms with Gasteiger partial charge in [0, 0.05) is 6.92 Å². The summed E-state index contributed by atoms with van der Waals surface area (Å²) in [5.74, 6) is -0.245. The Balaban J connectivity index is 2.59. The third-order valence-corrected chi connectivity index (χ3v) is 2.69. The third kappa shape index (κ3) is 2.72. The molecule has 14 heavy (non-hydrogen) atoms. The first-order valence-corrected chi connectivity index (χ1v) is 5.00. The summed E-state index contributed by atoms with van der Waals surface area (Å²) in [5.41, 5.74) is 0. The molecule has 0 bridgehead atoms. The molecular formula is C10H17NO3. The highest BCUT2D eigenvalue weighted by atomic mass is 16.5. The minimum atomic E-state index is -0.444. The van der Waals surface area contributed by atoms with Gasteiger partial charge in [0.25, 0.3) is 0 Å². The van der Waals surface area contributed by atoms with E-state index >= 15 is 0 Å². The van der Waals surface area contributed by atoms with Gasteiger partial charge in [0.2, 0.25) is 5.91 Å². The molecule has 0 saturated heterocycles. The Morgan fingerprint density at radius 2 is 1.93 bits per heavy atom. The summed E-state index contributed by atoms with van der Waals surface area (Å²) in [7, 11) is 1.35. The van der Waals surface area contributed by atoms with Crippen molar-refractivity contribution in [1.82, 2.24) is 5.32 Å². The van der Waals surface area contributed by atoms with Crippen molar-refractivity contribution >= 4 is 11.9 Å². The summed E-state index contributed by atoms with van der Waals surface area (Å²) in [6.45, 7) is 1.42. The van der Waals surface area contributed by atoms with E-state index in [2.05, 4.69) is 10.1 Å². The van der Waals surface area contributed by atoms with Gasteiger partial charge in [0.05, 0.1) is 7.11 Å². The average molecular weight is 199 g/mol. The van der Waals surface area contributed by atoms with Gasteiger partial charge < -0.3 is 10.1 Å². The Labute approximate surface area is 84.0 Å². The normalized spacial score (nSPS) is 19.0. The number of esters is 1. The fourth-order valence-corrected chi connectivity index (χ4v) is 2.01. The lowest BCUT2D eigenvalue weighted by atomic mass is 9.98. The molecule has 1 N–H and O–H groups in total. The van der Waals surface area contributed by atoms with Crippen molar-refractivity contribution in [3.63, 3.8) is 0 Å². The molecule has 1 atom stereocenters. The number of carbonyl (C=O) groups excluding carboxylic acids is 2. The zero-order valence-corrected chi connectivity index (χ0v) is 8.71. The van der Waals surface area contributed by atoms with Crippen molar-refractivity contribution in [2.75, 3.05) is 7.11 Å². The Morgan fingerprint density at radius 3 is 2.36 bits per heavy atom. The van der Waals surface area contributed by atoms with Crippen molar-refractivity contribution in [2.45, 2.75) is 38.6 Å². The van der Waals surface area contributed by atoms with Crippen LogP contribution in [0.4, 0.5) is 0 Å². The van der Waals surface area contributed by atoms with E-state index < -0.39 is 6.04 Å². The van der Waals surface area contributed by atoms with Gasteiger partial charge in [-0.15, -0.1) is 0 Å². The topological polar surface area (TPSA) is 55.4 Å². The van der Waals surface area contributed by atoms with Gasteiger partial charge in [-0.2, -0.15) is 0 Å². The van der Waals surface area contributed by atoms with E-state index in [0.717, 1.165) is 25.7 Å². The van der Waals surface area contributed by atoms with Crippen LogP contribution in [0.15, 0.2) is 0 Å². The fourth-order valence-electron chi connectivity index (χ4n) is 2.01. The summed E-state index contributed by atoms with van der Waals surface area (Å²) in [4.78, 5) is 22.3. The molecular weight excluding hydrogens is 182 g/mol. The monoisotopic (exact) mass is 199 g/mol. The van der Waals surface area contributed by atoms with Crippen LogP contribution in [0.3, 0.4) is 0 Å². The van der Waals surface area contributed by atoms with E-state index in [0.29, 0.717) is 0 Å². The predicted octanol–water partition coefficient (Wildman–Crippen LogP) is 0.854. The van der Waals surface area contributed by atoms with E-state index in [9.17, 15) is 9.59 Å². The summed E-state index contributed by atoms with van der Waals surface area (Å²) >= 11 is 0. The summed E-state index contributed by atoms with van der Waals surface area (Å²) in [6, 6.07) is -0.444. The zero-order chi connectivity index (χ0) is 10.6. The number of rotatable bonds is 3. The maximum absolute atomic E-state index is 11.4. The number of amides is 1. The quantitative estimate of drug-likeness (QED) is 0.686. The molecule has 0 aromatic rings. The third-order valence-electron chi connectivity index (χ3n) is 2.69. The molecule has 0 aromatic carbocycles. The Morgan fingerprint density at radius 1 is 1.36 bits per heavy atom. The van der Waals surface area contributed by atoms with E-state index in [-0.39, 0.29) is 17.8 Å². The van der Waals surface area contributed by atoms with Crippen LogP contribution in [0, 0.1) is 5.92 Å². The molecule has 4 nitrogen and oxygen atoms in total. The zero-order valence-electron chi connectivity index (χ0n) is 8.71. The minimum Gasteiger partial charge on any atom is -0.467 e. The Hall–Kier alpha value is -1.06. The first-order chi connectivity index (χ1) is 6.65. The molecule has 0 spiro atoms. The highest BCUT2D eigenvalue weighted by Gasteiger charge is 2.31. The molecule has 1 aliphatic rings. The standard InChI is InChI=1S/C10H17NO3/c1-7(12)11-9(10(13)14-2)8-5-3-4-6-8/h8-9H,3-6H2,1-2H3,(H,11,12)/t9-/m1/s1. The molecule has 0 radical (unpaired) electrons. The van der Waals surface area contributed by atoms with Crippen LogP contribution in [0.2, 0.25) is 0 Å². The lowest BCUT2D eigenvalue weighted by molar-refractivity contribution is -0.146. The van der Waals surface area contributed by atoms with Crippen LogP contribution in [0.1, 0.15) is 32.6 Å². The van der Waals surface area contributed by atoms with E-state index in [4.69, 9.17) is 0 Å². The molecule has 0 heterocycles. The number of hydrogen-bond acceptors (Lipinski definition) is 3. The lowest BCUT2D eigenvalue weighted by Crippen LogP contribution is -2.45. The van der Waals surface area contributed by atoms with Crippen molar-refractivity contribution in [2.24, 2.45) is 5.92 Å². The Kier molecular flexibility index (Phi) is 3.92. The van der Waals surface area contributed by atoms with Crippen LogP contribution in [-0.4, -0.2) is 25.0 Å². The van der Waals surface area contributed by atoms with Gasteiger partial charge in [-0.3, -0.25) is 4.79 Å². The second-order valence-electron chi connectivity index (χ2n) is 3.75. The molecule has 1 fully saturated rings. The average Bonchev–Trinajstić information content (AvgIpc) is 2.65. The second kappa shape index (κ2) is 4.98. The largest absolute Gasteiger partial charge is 0.467 e. The number of methoxy groups -OCH3 is 1. The predicted molar refractivity (Wildman–Crippen MR) is 51.6 cm³/mol. The molecule has 1 rings (SSSR count). The van der Waals surface area contributed by atoms with Gasteiger partial charge in [-0.25, -0.2) is 4.79 Å². The van der Waals surface area contributed by atoms with Gasteiger partial charge in [0.1, 0.15) is 6.04 Å². The maximum Gasteiger partial charge on any atom is 0.328 e. The first-order valence-electron chi connectivity index (χ1n) is 5.00. The first kappa shape index (κ1) is 11.0. The van der Waals surface area contributed by atoms with Crippen molar-refractivity contribution in [1.29, 1.82) is 0 Å². The minimum absolute atomic E-state index is 0.174. The van der Waals surface area contributed by atoms with Gasteiger partial charge in [0.15, 0.2) is 0 Å². The van der Waals surface area contributed by atoms with Crippen molar-refractivity contribution < 1.29 is 14.3 Å². The lowest BCUT2D eigenvalue weighted by Gasteiger charge is -2.21. The van der Waals surface area contributed by atoms with Crippen LogP contribution >= 0.6 is 0 Å². The van der Waals surface area contributed by atoms with E-state index in [1.54, 1.807) is 0 Å². The second-order valence-corrected chi connectivity index (χ2v) is 3.75. The number of ether oxygens (including phenoxy) is 1. The van der Waals surface area contributed by atoms with Crippen LogP contribution in [0.5, 0.6) is 0 Å².